The van der Waals surface area contributed by atoms with Crippen LogP contribution >= 0.6 is 0 Å². The third kappa shape index (κ3) is 1.96. The van der Waals surface area contributed by atoms with Crippen molar-refractivity contribution in [2.24, 2.45) is 5.92 Å². The number of aliphatic carboxylic acids is 1. The van der Waals surface area contributed by atoms with Gasteiger partial charge in [-0.05, 0) is 44.6 Å². The smallest absolute Gasteiger partial charge is 0.303 e. The quantitative estimate of drug-likeness (QED) is 0.848. The fourth-order valence-corrected chi connectivity index (χ4v) is 2.63. The molecule has 1 aliphatic rings. The summed E-state index contributed by atoms with van der Waals surface area (Å²) >= 11 is 0. The number of rotatable bonds is 3. The zero-order chi connectivity index (χ0) is 11.7. The Morgan fingerprint density at radius 3 is 3.00 bits per heavy atom. The SMILES string of the molecule is CCn1nc(C)c2c1CC(CC(=O)O)CC2. The van der Waals surface area contributed by atoms with Gasteiger partial charge in [-0.2, -0.15) is 5.10 Å². The first-order valence-electron chi connectivity index (χ1n) is 5.88. The highest BCUT2D eigenvalue weighted by Crippen LogP contribution is 2.29. The molecule has 0 aliphatic heterocycles. The van der Waals surface area contributed by atoms with Crippen LogP contribution in [0.4, 0.5) is 0 Å². The number of aryl methyl sites for hydroxylation is 2. The summed E-state index contributed by atoms with van der Waals surface area (Å²) in [6.45, 7) is 4.99. The van der Waals surface area contributed by atoms with E-state index in [1.54, 1.807) is 0 Å². The van der Waals surface area contributed by atoms with Crippen LogP contribution in [0, 0.1) is 12.8 Å². The van der Waals surface area contributed by atoms with Crippen molar-refractivity contribution in [2.75, 3.05) is 0 Å². The maximum Gasteiger partial charge on any atom is 0.303 e. The van der Waals surface area contributed by atoms with E-state index in [-0.39, 0.29) is 12.3 Å². The molecule has 0 radical (unpaired) electrons. The molecule has 1 aromatic rings. The molecule has 1 aromatic heterocycles. The molecule has 0 saturated heterocycles. The van der Waals surface area contributed by atoms with Crippen molar-refractivity contribution in [3.05, 3.63) is 17.0 Å². The maximum absolute atomic E-state index is 10.7. The number of nitrogens with zero attached hydrogens (tertiary/aromatic N) is 2. The van der Waals surface area contributed by atoms with Crippen molar-refractivity contribution in [3.8, 4) is 0 Å². The Bertz CT molecular complexity index is 409. The highest BCUT2D eigenvalue weighted by molar-refractivity contribution is 5.67. The Kier molecular flexibility index (Phi) is 2.99. The van der Waals surface area contributed by atoms with Crippen molar-refractivity contribution in [1.29, 1.82) is 0 Å². The molecule has 0 amide bonds. The van der Waals surface area contributed by atoms with Gasteiger partial charge in [0, 0.05) is 18.7 Å². The zero-order valence-electron chi connectivity index (χ0n) is 9.86. The van der Waals surface area contributed by atoms with Crippen LogP contribution in [0.5, 0.6) is 0 Å². The molecule has 4 nitrogen and oxygen atoms in total. The van der Waals surface area contributed by atoms with Crippen LogP contribution in [-0.4, -0.2) is 20.9 Å². The summed E-state index contributed by atoms with van der Waals surface area (Å²) in [7, 11) is 0. The van der Waals surface area contributed by atoms with Crippen LogP contribution in [0.3, 0.4) is 0 Å². The minimum atomic E-state index is -0.687. The first-order valence-corrected chi connectivity index (χ1v) is 5.88. The van der Waals surface area contributed by atoms with Crippen molar-refractivity contribution in [3.63, 3.8) is 0 Å². The Hall–Kier alpha value is -1.32. The normalized spacial score (nSPS) is 19.5. The second-order valence-corrected chi connectivity index (χ2v) is 4.53. The van der Waals surface area contributed by atoms with E-state index < -0.39 is 5.97 Å². The molecule has 0 saturated carbocycles. The van der Waals surface area contributed by atoms with Crippen LogP contribution < -0.4 is 0 Å². The van der Waals surface area contributed by atoms with E-state index in [9.17, 15) is 4.79 Å². The highest BCUT2D eigenvalue weighted by Gasteiger charge is 2.25. The first-order chi connectivity index (χ1) is 7.61. The Morgan fingerprint density at radius 1 is 1.62 bits per heavy atom. The van der Waals surface area contributed by atoms with Gasteiger partial charge in [0.05, 0.1) is 5.69 Å². The highest BCUT2D eigenvalue weighted by atomic mass is 16.4. The summed E-state index contributed by atoms with van der Waals surface area (Å²) in [5.41, 5.74) is 3.73. The van der Waals surface area contributed by atoms with E-state index in [4.69, 9.17) is 5.11 Å². The summed E-state index contributed by atoms with van der Waals surface area (Å²) in [5, 5.41) is 13.3. The molecule has 0 aromatic carbocycles. The third-order valence-corrected chi connectivity index (χ3v) is 3.41. The molecule has 16 heavy (non-hydrogen) atoms. The van der Waals surface area contributed by atoms with E-state index in [0.29, 0.717) is 0 Å². The van der Waals surface area contributed by atoms with E-state index in [1.165, 1.54) is 11.3 Å². The fraction of sp³-hybridized carbons (Fsp3) is 0.667. The number of carbonyl (C=O) groups is 1. The van der Waals surface area contributed by atoms with Crippen LogP contribution in [-0.2, 0) is 24.2 Å². The van der Waals surface area contributed by atoms with Gasteiger partial charge in [-0.15, -0.1) is 0 Å². The number of carboxylic acid groups (broad SMARTS) is 1. The number of aromatic nitrogens is 2. The lowest BCUT2D eigenvalue weighted by Gasteiger charge is -2.21. The summed E-state index contributed by atoms with van der Waals surface area (Å²) in [5.74, 6) is -0.404. The fourth-order valence-electron chi connectivity index (χ4n) is 2.63. The second kappa shape index (κ2) is 4.28. The number of hydrogen-bond donors (Lipinski definition) is 1. The number of hydrogen-bond acceptors (Lipinski definition) is 2. The lowest BCUT2D eigenvalue weighted by molar-refractivity contribution is -0.138. The third-order valence-electron chi connectivity index (χ3n) is 3.41. The summed E-state index contributed by atoms with van der Waals surface area (Å²) in [4.78, 5) is 10.7. The van der Waals surface area contributed by atoms with Gasteiger partial charge in [-0.25, -0.2) is 0 Å². The molecule has 2 rings (SSSR count). The van der Waals surface area contributed by atoms with Gasteiger partial charge < -0.3 is 5.11 Å². The molecule has 0 spiro atoms. The van der Waals surface area contributed by atoms with Gasteiger partial charge in [0.1, 0.15) is 0 Å². The maximum atomic E-state index is 10.7. The van der Waals surface area contributed by atoms with Crippen molar-refractivity contribution >= 4 is 5.97 Å². The van der Waals surface area contributed by atoms with Crippen molar-refractivity contribution < 1.29 is 9.90 Å². The van der Waals surface area contributed by atoms with E-state index >= 15 is 0 Å². The molecule has 1 heterocycles. The van der Waals surface area contributed by atoms with E-state index in [2.05, 4.69) is 12.0 Å². The lowest BCUT2D eigenvalue weighted by atomic mass is 9.85. The predicted molar refractivity (Wildman–Crippen MR) is 60.4 cm³/mol. The topological polar surface area (TPSA) is 55.1 Å². The van der Waals surface area contributed by atoms with Crippen LogP contribution in [0.1, 0.15) is 36.7 Å². The molecule has 0 bridgehead atoms. The van der Waals surface area contributed by atoms with Gasteiger partial charge in [0.2, 0.25) is 0 Å². The molecule has 4 heteroatoms. The molecular formula is C12H18N2O2. The average Bonchev–Trinajstić information content (AvgIpc) is 2.54. The predicted octanol–water partition coefficient (Wildman–Crippen LogP) is 1.79. The Labute approximate surface area is 95.3 Å². The number of fused-ring (bicyclic) bond motifs is 1. The van der Waals surface area contributed by atoms with Crippen molar-refractivity contribution in [2.45, 2.75) is 46.1 Å². The molecule has 0 fully saturated rings. The second-order valence-electron chi connectivity index (χ2n) is 4.53. The van der Waals surface area contributed by atoms with Crippen LogP contribution in [0.2, 0.25) is 0 Å². The Balaban J connectivity index is 2.21. The van der Waals surface area contributed by atoms with Crippen molar-refractivity contribution in [1.82, 2.24) is 9.78 Å². The summed E-state index contributed by atoms with van der Waals surface area (Å²) in [6.07, 6.45) is 3.12. The first kappa shape index (κ1) is 11.2. The molecular weight excluding hydrogens is 204 g/mol. The minimum Gasteiger partial charge on any atom is -0.481 e. The minimum absolute atomic E-state index is 0.284. The molecule has 88 valence electrons. The molecule has 1 N–H and O–H groups in total. The zero-order valence-corrected chi connectivity index (χ0v) is 9.86. The summed E-state index contributed by atoms with van der Waals surface area (Å²) in [6, 6.07) is 0. The van der Waals surface area contributed by atoms with Gasteiger partial charge in [-0.1, -0.05) is 0 Å². The van der Waals surface area contributed by atoms with Gasteiger partial charge >= 0.3 is 5.97 Å². The summed E-state index contributed by atoms with van der Waals surface area (Å²) < 4.78 is 2.03. The standard InChI is InChI=1S/C12H18N2O2/c1-3-14-11-6-9(7-12(15)16)4-5-10(11)8(2)13-14/h9H,3-7H2,1-2H3,(H,15,16). The van der Waals surface area contributed by atoms with Gasteiger partial charge in [-0.3, -0.25) is 9.48 Å². The number of carboxylic acids is 1. The molecule has 1 unspecified atom stereocenters. The monoisotopic (exact) mass is 222 g/mol. The van der Waals surface area contributed by atoms with Gasteiger partial charge in [0.15, 0.2) is 0 Å². The average molecular weight is 222 g/mol. The molecule has 1 atom stereocenters. The largest absolute Gasteiger partial charge is 0.481 e. The van der Waals surface area contributed by atoms with Gasteiger partial charge in [0.25, 0.3) is 0 Å². The molecule has 1 aliphatic carbocycles. The van der Waals surface area contributed by atoms with E-state index in [1.807, 2.05) is 11.6 Å². The van der Waals surface area contributed by atoms with Crippen LogP contribution in [0.15, 0.2) is 0 Å². The van der Waals surface area contributed by atoms with Crippen LogP contribution in [0.25, 0.3) is 0 Å². The lowest BCUT2D eigenvalue weighted by Crippen LogP contribution is -2.19. The van der Waals surface area contributed by atoms with E-state index in [0.717, 1.165) is 31.5 Å². The Morgan fingerprint density at radius 2 is 2.38 bits per heavy atom.